The summed E-state index contributed by atoms with van der Waals surface area (Å²) in [6, 6.07) is 7.57. The molecule has 1 N–H and O–H groups in total. The topological polar surface area (TPSA) is 21.3 Å². The Morgan fingerprint density at radius 2 is 2.00 bits per heavy atom. The predicted octanol–water partition coefficient (Wildman–Crippen LogP) is 4.34. The molecule has 0 aliphatic carbocycles. The van der Waals surface area contributed by atoms with Crippen molar-refractivity contribution in [2.75, 3.05) is 12.4 Å². The number of halogens is 3. The van der Waals surface area contributed by atoms with Crippen molar-refractivity contribution in [3.8, 4) is 5.75 Å². The van der Waals surface area contributed by atoms with Crippen molar-refractivity contribution in [2.24, 2.45) is 0 Å². The molecule has 0 fully saturated rings. The molecular weight excluding hydrogens is 284 g/mol. The Balaban J connectivity index is 1.92. The Hall–Kier alpha value is -1.81. The molecule has 0 saturated heterocycles. The van der Waals surface area contributed by atoms with E-state index in [4.69, 9.17) is 16.3 Å². The van der Waals surface area contributed by atoms with Gasteiger partial charge < -0.3 is 10.1 Å². The van der Waals surface area contributed by atoms with E-state index >= 15 is 0 Å². The van der Waals surface area contributed by atoms with E-state index in [1.54, 1.807) is 18.2 Å². The van der Waals surface area contributed by atoms with Crippen LogP contribution in [0.1, 0.15) is 17.2 Å². The van der Waals surface area contributed by atoms with Crippen LogP contribution < -0.4 is 10.1 Å². The van der Waals surface area contributed by atoms with Gasteiger partial charge in [0.05, 0.1) is 18.8 Å². The maximum atomic E-state index is 13.8. The highest BCUT2D eigenvalue weighted by molar-refractivity contribution is 6.30. The minimum Gasteiger partial charge on any atom is -0.494 e. The first-order valence-corrected chi connectivity index (χ1v) is 6.54. The minimum absolute atomic E-state index is 0.168. The van der Waals surface area contributed by atoms with Crippen molar-refractivity contribution in [3.63, 3.8) is 0 Å². The standard InChI is InChI=1S/C15H12ClF2NO/c1-20-14-3-2-8(5-11(14)17)13-6-9-4-10(16)7-12(18)15(9)19-13/h2-5,7,13,19H,6H2,1H3. The first-order chi connectivity index (χ1) is 9.58. The molecule has 3 rings (SSSR count). The molecule has 2 aromatic carbocycles. The molecule has 104 valence electrons. The average Bonchev–Trinajstić information content (AvgIpc) is 2.82. The quantitative estimate of drug-likeness (QED) is 0.890. The second-order valence-corrected chi connectivity index (χ2v) is 5.15. The number of rotatable bonds is 2. The monoisotopic (exact) mass is 295 g/mol. The van der Waals surface area contributed by atoms with Gasteiger partial charge in [-0.3, -0.25) is 0 Å². The van der Waals surface area contributed by atoms with Gasteiger partial charge >= 0.3 is 0 Å². The zero-order valence-corrected chi connectivity index (χ0v) is 11.5. The Labute approximate surface area is 120 Å². The Morgan fingerprint density at radius 3 is 2.70 bits per heavy atom. The second kappa shape index (κ2) is 4.94. The van der Waals surface area contributed by atoms with Crippen LogP contribution in [0.2, 0.25) is 5.02 Å². The van der Waals surface area contributed by atoms with Crippen molar-refractivity contribution in [2.45, 2.75) is 12.5 Å². The Kier molecular flexibility index (Phi) is 3.26. The summed E-state index contributed by atoms with van der Waals surface area (Å²) >= 11 is 5.84. The van der Waals surface area contributed by atoms with Crippen LogP contribution in [0.15, 0.2) is 30.3 Å². The van der Waals surface area contributed by atoms with Gasteiger partial charge in [-0.15, -0.1) is 0 Å². The zero-order valence-electron chi connectivity index (χ0n) is 10.7. The van der Waals surface area contributed by atoms with E-state index in [-0.39, 0.29) is 17.6 Å². The van der Waals surface area contributed by atoms with Crippen LogP contribution in [0.3, 0.4) is 0 Å². The Bertz CT molecular complexity index is 675. The van der Waals surface area contributed by atoms with Crippen molar-refractivity contribution >= 4 is 17.3 Å². The van der Waals surface area contributed by atoms with Crippen LogP contribution in [0.4, 0.5) is 14.5 Å². The lowest BCUT2D eigenvalue weighted by molar-refractivity contribution is 0.386. The van der Waals surface area contributed by atoms with Gasteiger partial charge in [-0.05, 0) is 41.8 Å². The lowest BCUT2D eigenvalue weighted by atomic mass is 10.0. The van der Waals surface area contributed by atoms with E-state index in [1.807, 2.05) is 0 Å². The molecule has 1 aliphatic heterocycles. The van der Waals surface area contributed by atoms with Gasteiger partial charge in [-0.2, -0.15) is 0 Å². The van der Waals surface area contributed by atoms with E-state index < -0.39 is 5.82 Å². The number of benzene rings is 2. The third kappa shape index (κ3) is 2.20. The van der Waals surface area contributed by atoms with Crippen molar-refractivity contribution in [1.29, 1.82) is 0 Å². The van der Waals surface area contributed by atoms with Gasteiger partial charge in [0, 0.05) is 5.02 Å². The molecule has 1 atom stereocenters. The van der Waals surface area contributed by atoms with E-state index in [0.29, 0.717) is 17.1 Å². The fraction of sp³-hybridized carbons (Fsp3) is 0.200. The highest BCUT2D eigenvalue weighted by atomic mass is 35.5. The molecule has 0 amide bonds. The van der Waals surface area contributed by atoms with Gasteiger partial charge in [0.1, 0.15) is 5.82 Å². The smallest absolute Gasteiger partial charge is 0.165 e. The molecule has 0 bridgehead atoms. The third-order valence-electron chi connectivity index (χ3n) is 3.46. The summed E-state index contributed by atoms with van der Waals surface area (Å²) in [5.41, 5.74) is 1.99. The van der Waals surface area contributed by atoms with Crippen LogP contribution in [0.5, 0.6) is 5.75 Å². The van der Waals surface area contributed by atoms with Crippen LogP contribution in [-0.4, -0.2) is 7.11 Å². The van der Waals surface area contributed by atoms with Gasteiger partial charge in [0.2, 0.25) is 0 Å². The largest absolute Gasteiger partial charge is 0.494 e. The number of methoxy groups -OCH3 is 1. The first kappa shape index (κ1) is 13.2. The highest BCUT2D eigenvalue weighted by Crippen LogP contribution is 2.38. The van der Waals surface area contributed by atoms with Gasteiger partial charge in [-0.25, -0.2) is 8.78 Å². The van der Waals surface area contributed by atoms with Crippen LogP contribution >= 0.6 is 11.6 Å². The summed E-state index contributed by atoms with van der Waals surface area (Å²) in [5.74, 6) is -0.622. The SMILES string of the molecule is COc1ccc(C2Cc3cc(Cl)cc(F)c3N2)cc1F. The number of ether oxygens (including phenoxy) is 1. The van der Waals surface area contributed by atoms with Crippen molar-refractivity contribution in [3.05, 3.63) is 58.1 Å². The summed E-state index contributed by atoms with van der Waals surface area (Å²) in [4.78, 5) is 0. The summed E-state index contributed by atoms with van der Waals surface area (Å²) in [6.07, 6.45) is 0.568. The Morgan fingerprint density at radius 1 is 1.20 bits per heavy atom. The molecule has 2 aromatic rings. The van der Waals surface area contributed by atoms with E-state index in [1.165, 1.54) is 19.2 Å². The molecule has 0 spiro atoms. The van der Waals surface area contributed by atoms with Crippen LogP contribution in [0.25, 0.3) is 0 Å². The summed E-state index contributed by atoms with van der Waals surface area (Å²) in [7, 11) is 1.42. The lowest BCUT2D eigenvalue weighted by Crippen LogP contribution is -2.06. The van der Waals surface area contributed by atoms with E-state index in [2.05, 4.69) is 5.32 Å². The van der Waals surface area contributed by atoms with Crippen LogP contribution in [0, 0.1) is 11.6 Å². The molecule has 5 heteroatoms. The highest BCUT2D eigenvalue weighted by Gasteiger charge is 2.25. The fourth-order valence-electron chi connectivity index (χ4n) is 2.50. The molecule has 0 radical (unpaired) electrons. The van der Waals surface area contributed by atoms with Gasteiger partial charge in [0.15, 0.2) is 11.6 Å². The summed E-state index contributed by atoms with van der Waals surface area (Å²) < 4.78 is 32.4. The summed E-state index contributed by atoms with van der Waals surface area (Å²) in [5, 5.41) is 3.44. The number of fused-ring (bicyclic) bond motifs is 1. The maximum absolute atomic E-state index is 13.8. The van der Waals surface area contributed by atoms with Crippen molar-refractivity contribution in [1.82, 2.24) is 0 Å². The first-order valence-electron chi connectivity index (χ1n) is 6.16. The molecule has 2 nitrogen and oxygen atoms in total. The zero-order chi connectivity index (χ0) is 14.3. The number of nitrogens with one attached hydrogen (secondary N) is 1. The van der Waals surface area contributed by atoms with Crippen LogP contribution in [-0.2, 0) is 6.42 Å². The number of hydrogen-bond acceptors (Lipinski definition) is 2. The molecule has 20 heavy (non-hydrogen) atoms. The predicted molar refractivity (Wildman–Crippen MR) is 74.4 cm³/mol. The second-order valence-electron chi connectivity index (χ2n) is 4.72. The minimum atomic E-state index is -0.429. The van der Waals surface area contributed by atoms with Gasteiger partial charge in [-0.1, -0.05) is 17.7 Å². The molecule has 1 unspecified atom stereocenters. The normalized spacial score (nSPS) is 16.7. The maximum Gasteiger partial charge on any atom is 0.165 e. The average molecular weight is 296 g/mol. The molecule has 1 aliphatic rings. The molecule has 0 aromatic heterocycles. The number of hydrogen-bond donors (Lipinski definition) is 1. The summed E-state index contributed by atoms with van der Waals surface area (Å²) in [6.45, 7) is 0. The molecule has 1 heterocycles. The van der Waals surface area contributed by atoms with Crippen molar-refractivity contribution < 1.29 is 13.5 Å². The molecular formula is C15H12ClF2NO. The third-order valence-corrected chi connectivity index (χ3v) is 3.68. The van der Waals surface area contributed by atoms with E-state index in [0.717, 1.165) is 11.1 Å². The van der Waals surface area contributed by atoms with Gasteiger partial charge in [0.25, 0.3) is 0 Å². The van der Waals surface area contributed by atoms with E-state index in [9.17, 15) is 8.78 Å². The number of anilines is 1. The molecule has 0 saturated carbocycles. The lowest BCUT2D eigenvalue weighted by Gasteiger charge is -2.13. The fourth-order valence-corrected chi connectivity index (χ4v) is 2.72.